The molecule has 1 aliphatic carbocycles. The lowest BCUT2D eigenvalue weighted by molar-refractivity contribution is -0.138. The Balaban J connectivity index is 2.27. The fourth-order valence-electron chi connectivity index (χ4n) is 1.86. The normalized spacial score (nSPS) is 16.3. The van der Waals surface area contributed by atoms with Gasteiger partial charge in [0.25, 0.3) is 0 Å². The zero-order chi connectivity index (χ0) is 14.5. The van der Waals surface area contributed by atoms with Gasteiger partial charge in [-0.3, -0.25) is 4.99 Å². The van der Waals surface area contributed by atoms with Crippen LogP contribution in [0.2, 0.25) is 0 Å². The molecular formula is C14H15NO5. The zero-order valence-electron chi connectivity index (χ0n) is 11.3. The third-order valence-corrected chi connectivity index (χ3v) is 2.71. The summed E-state index contributed by atoms with van der Waals surface area (Å²) in [6.45, 7) is 3.83. The van der Waals surface area contributed by atoms with E-state index in [-0.39, 0.29) is 31.0 Å². The maximum atomic E-state index is 11.9. The van der Waals surface area contributed by atoms with Crippen LogP contribution < -0.4 is 0 Å². The monoisotopic (exact) mass is 277 g/mol. The molecule has 0 saturated heterocycles. The van der Waals surface area contributed by atoms with Crippen LogP contribution in [0.15, 0.2) is 40.2 Å². The number of esters is 1. The summed E-state index contributed by atoms with van der Waals surface area (Å²) < 4.78 is 14.8. The molecule has 0 saturated carbocycles. The SMILES string of the molecule is CCOC(=O)OC1=C(C(=O)OCC)C=C2C=CN=C2C1. The van der Waals surface area contributed by atoms with Gasteiger partial charge in [0, 0.05) is 12.6 Å². The van der Waals surface area contributed by atoms with Gasteiger partial charge in [-0.15, -0.1) is 0 Å². The highest BCUT2D eigenvalue weighted by Crippen LogP contribution is 2.28. The lowest BCUT2D eigenvalue weighted by atomic mass is 9.96. The largest absolute Gasteiger partial charge is 0.513 e. The summed E-state index contributed by atoms with van der Waals surface area (Å²) in [4.78, 5) is 27.5. The molecular weight excluding hydrogens is 262 g/mol. The van der Waals surface area contributed by atoms with Gasteiger partial charge in [-0.25, -0.2) is 9.59 Å². The minimum Gasteiger partial charge on any atom is -0.462 e. The summed E-state index contributed by atoms with van der Waals surface area (Å²) in [5.41, 5.74) is 1.79. The predicted molar refractivity (Wildman–Crippen MR) is 71.0 cm³/mol. The summed E-state index contributed by atoms with van der Waals surface area (Å²) in [5, 5.41) is 0. The molecule has 0 fully saturated rings. The van der Waals surface area contributed by atoms with Gasteiger partial charge in [-0.05, 0) is 31.6 Å². The van der Waals surface area contributed by atoms with Crippen LogP contribution in [0, 0.1) is 0 Å². The Morgan fingerprint density at radius 2 is 2.00 bits per heavy atom. The number of carbonyl (C=O) groups is 2. The van der Waals surface area contributed by atoms with Crippen molar-refractivity contribution >= 4 is 17.8 Å². The Labute approximate surface area is 116 Å². The summed E-state index contributed by atoms with van der Waals surface area (Å²) >= 11 is 0. The summed E-state index contributed by atoms with van der Waals surface area (Å²) in [6, 6.07) is 0. The highest BCUT2D eigenvalue weighted by molar-refractivity contribution is 6.10. The first-order valence-corrected chi connectivity index (χ1v) is 6.35. The Morgan fingerprint density at radius 1 is 1.25 bits per heavy atom. The Bertz CT molecular complexity index is 554. The van der Waals surface area contributed by atoms with E-state index in [1.165, 1.54) is 0 Å². The first kappa shape index (κ1) is 14.0. The van der Waals surface area contributed by atoms with Crippen molar-refractivity contribution in [2.45, 2.75) is 20.3 Å². The number of allylic oxidation sites excluding steroid dienone is 3. The van der Waals surface area contributed by atoms with Gasteiger partial charge in [0.05, 0.1) is 24.5 Å². The average molecular weight is 277 g/mol. The molecule has 0 unspecified atom stereocenters. The number of ether oxygens (including phenoxy) is 3. The maximum Gasteiger partial charge on any atom is 0.513 e. The van der Waals surface area contributed by atoms with Crippen LogP contribution in [0.3, 0.4) is 0 Å². The molecule has 0 spiro atoms. The van der Waals surface area contributed by atoms with Crippen molar-refractivity contribution in [3.8, 4) is 0 Å². The molecule has 6 heteroatoms. The van der Waals surface area contributed by atoms with Gasteiger partial charge in [0.2, 0.25) is 0 Å². The van der Waals surface area contributed by atoms with Crippen molar-refractivity contribution in [1.29, 1.82) is 0 Å². The molecule has 2 rings (SSSR count). The highest BCUT2D eigenvalue weighted by atomic mass is 16.7. The van der Waals surface area contributed by atoms with Crippen LogP contribution in [-0.4, -0.2) is 31.1 Å². The minimum atomic E-state index is -0.840. The van der Waals surface area contributed by atoms with Crippen LogP contribution in [0.25, 0.3) is 0 Å². The molecule has 0 N–H and O–H groups in total. The van der Waals surface area contributed by atoms with E-state index in [0.29, 0.717) is 0 Å². The van der Waals surface area contributed by atoms with E-state index in [4.69, 9.17) is 14.2 Å². The third kappa shape index (κ3) is 2.96. The Kier molecular flexibility index (Phi) is 4.34. The van der Waals surface area contributed by atoms with Gasteiger partial charge < -0.3 is 14.2 Å². The molecule has 0 aromatic rings. The number of rotatable bonds is 4. The lowest BCUT2D eigenvalue weighted by Gasteiger charge is -2.17. The number of hydrogen-bond donors (Lipinski definition) is 0. The van der Waals surface area contributed by atoms with Crippen molar-refractivity contribution in [1.82, 2.24) is 0 Å². The molecule has 20 heavy (non-hydrogen) atoms. The molecule has 2 aliphatic rings. The first-order valence-electron chi connectivity index (χ1n) is 6.35. The molecule has 1 aliphatic heterocycles. The van der Waals surface area contributed by atoms with Gasteiger partial charge in [0.15, 0.2) is 0 Å². The van der Waals surface area contributed by atoms with Crippen molar-refractivity contribution in [3.05, 3.63) is 35.3 Å². The van der Waals surface area contributed by atoms with E-state index in [2.05, 4.69) is 4.99 Å². The maximum absolute atomic E-state index is 11.9. The predicted octanol–water partition coefficient (Wildman–Crippen LogP) is 2.28. The molecule has 106 valence electrons. The quantitative estimate of drug-likeness (QED) is 0.737. The van der Waals surface area contributed by atoms with Crippen LogP contribution in [0.1, 0.15) is 20.3 Å². The third-order valence-electron chi connectivity index (χ3n) is 2.71. The standard InChI is InChI=1S/C14H15NO5/c1-3-18-13(16)10-7-9-5-6-15-11(9)8-12(10)20-14(17)19-4-2/h5-7H,3-4,8H2,1-2H3. The summed E-state index contributed by atoms with van der Waals surface area (Å²) in [7, 11) is 0. The fourth-order valence-corrected chi connectivity index (χ4v) is 1.86. The number of aliphatic imine (C=N–C) groups is 1. The Hall–Kier alpha value is -2.37. The molecule has 0 amide bonds. The van der Waals surface area contributed by atoms with E-state index >= 15 is 0 Å². The van der Waals surface area contributed by atoms with Crippen LogP contribution in [-0.2, 0) is 19.0 Å². The lowest BCUT2D eigenvalue weighted by Crippen LogP contribution is -2.19. The second-order valence-corrected chi connectivity index (χ2v) is 4.01. The van der Waals surface area contributed by atoms with Gasteiger partial charge in [-0.1, -0.05) is 0 Å². The molecule has 6 nitrogen and oxygen atoms in total. The summed E-state index contributed by atoms with van der Waals surface area (Å²) in [5.74, 6) is -0.327. The van der Waals surface area contributed by atoms with Crippen molar-refractivity contribution < 1.29 is 23.8 Å². The van der Waals surface area contributed by atoms with E-state index in [1.807, 2.05) is 0 Å². The second kappa shape index (κ2) is 6.18. The van der Waals surface area contributed by atoms with Gasteiger partial charge >= 0.3 is 12.1 Å². The van der Waals surface area contributed by atoms with E-state index in [9.17, 15) is 9.59 Å². The minimum absolute atomic E-state index is 0.199. The summed E-state index contributed by atoms with van der Waals surface area (Å²) in [6.07, 6.45) is 4.45. The average Bonchev–Trinajstić information content (AvgIpc) is 2.85. The van der Waals surface area contributed by atoms with Crippen LogP contribution in [0.5, 0.6) is 0 Å². The molecule has 0 atom stereocenters. The number of nitrogens with zero attached hydrogens (tertiary/aromatic N) is 1. The van der Waals surface area contributed by atoms with Crippen LogP contribution >= 0.6 is 0 Å². The molecule has 0 aromatic carbocycles. The highest BCUT2D eigenvalue weighted by Gasteiger charge is 2.27. The molecule has 0 aromatic heterocycles. The Morgan fingerprint density at radius 3 is 2.70 bits per heavy atom. The van der Waals surface area contributed by atoms with Crippen molar-refractivity contribution in [2.75, 3.05) is 13.2 Å². The van der Waals surface area contributed by atoms with Gasteiger partial charge in [-0.2, -0.15) is 0 Å². The second-order valence-electron chi connectivity index (χ2n) is 4.01. The number of fused-ring (bicyclic) bond motifs is 1. The molecule has 0 bridgehead atoms. The first-order chi connectivity index (χ1) is 9.65. The van der Waals surface area contributed by atoms with Gasteiger partial charge in [0.1, 0.15) is 5.76 Å². The number of hydrogen-bond acceptors (Lipinski definition) is 6. The fraction of sp³-hybridized carbons (Fsp3) is 0.357. The van der Waals surface area contributed by atoms with Crippen LogP contribution in [0.4, 0.5) is 4.79 Å². The zero-order valence-corrected chi connectivity index (χ0v) is 11.3. The smallest absolute Gasteiger partial charge is 0.462 e. The van der Waals surface area contributed by atoms with E-state index in [1.54, 1.807) is 32.2 Å². The topological polar surface area (TPSA) is 74.2 Å². The molecule has 1 heterocycles. The van der Waals surface area contributed by atoms with Crippen molar-refractivity contribution in [3.63, 3.8) is 0 Å². The van der Waals surface area contributed by atoms with Crippen molar-refractivity contribution in [2.24, 2.45) is 4.99 Å². The van der Waals surface area contributed by atoms with E-state index in [0.717, 1.165) is 11.3 Å². The van der Waals surface area contributed by atoms with E-state index < -0.39 is 12.1 Å². The molecule has 0 radical (unpaired) electrons. The number of carbonyl (C=O) groups excluding carboxylic acids is 2.